The molecule has 0 unspecified atom stereocenters. The lowest BCUT2D eigenvalue weighted by molar-refractivity contribution is 0.412. The lowest BCUT2D eigenvalue weighted by atomic mass is 10.1. The monoisotopic (exact) mass is 282 g/mol. The summed E-state index contributed by atoms with van der Waals surface area (Å²) in [5, 5.41) is 0. The zero-order valence-corrected chi connectivity index (χ0v) is 10.2. The zero-order chi connectivity index (χ0) is 11.7. The Balaban J connectivity index is 2.49. The van der Waals surface area contributed by atoms with Crippen LogP contribution in [0.3, 0.4) is 0 Å². The van der Waals surface area contributed by atoms with Gasteiger partial charge in [-0.05, 0) is 34.1 Å². The van der Waals surface area contributed by atoms with Crippen molar-refractivity contribution in [2.75, 3.05) is 18.7 Å². The first-order valence-corrected chi connectivity index (χ1v) is 5.34. The molecule has 0 amide bonds. The van der Waals surface area contributed by atoms with Crippen molar-refractivity contribution in [3.8, 4) is 17.0 Å². The Hall–Kier alpha value is -1.69. The molecule has 1 aromatic carbocycles. The van der Waals surface area contributed by atoms with Crippen LogP contribution in [0.2, 0.25) is 0 Å². The van der Waals surface area contributed by atoms with Gasteiger partial charge in [-0.15, -0.1) is 0 Å². The summed E-state index contributed by atoms with van der Waals surface area (Å²) in [7, 11) is 1.61. The molecule has 4 N–H and O–H groups in total. The van der Waals surface area contributed by atoms with Crippen LogP contribution in [0.25, 0.3) is 11.3 Å². The third-order valence-electron chi connectivity index (χ3n) is 2.26. The Morgan fingerprint density at radius 2 is 2.19 bits per heavy atom. The molecule has 1 aromatic heterocycles. The number of rotatable bonds is 2. The normalized spacial score (nSPS) is 10.4. The van der Waals surface area contributed by atoms with Crippen LogP contribution in [0.15, 0.2) is 29.0 Å². The maximum atomic E-state index is 5.78. The molecule has 0 saturated heterocycles. The number of nitrogens with two attached hydrogens (primary N) is 2. The zero-order valence-electron chi connectivity index (χ0n) is 8.64. The number of nitrogen functional groups attached to an aromatic ring is 2. The minimum atomic E-state index is 0.428. The number of halogens is 1. The second kappa shape index (κ2) is 4.05. The van der Waals surface area contributed by atoms with E-state index in [9.17, 15) is 0 Å². The highest BCUT2D eigenvalue weighted by Gasteiger charge is 2.10. The number of methoxy groups -OCH3 is 1. The van der Waals surface area contributed by atoms with Crippen LogP contribution in [0, 0.1) is 0 Å². The molecule has 84 valence electrons. The van der Waals surface area contributed by atoms with Crippen molar-refractivity contribution in [1.82, 2.24) is 9.66 Å². The van der Waals surface area contributed by atoms with E-state index in [4.69, 9.17) is 16.3 Å². The average molecular weight is 283 g/mol. The highest BCUT2D eigenvalue weighted by Crippen LogP contribution is 2.31. The predicted octanol–water partition coefficient (Wildman–Crippen LogP) is 1.62. The van der Waals surface area contributed by atoms with Crippen LogP contribution in [0.4, 0.5) is 5.82 Å². The van der Waals surface area contributed by atoms with Gasteiger partial charge in [0.05, 0.1) is 11.6 Å². The van der Waals surface area contributed by atoms with Crippen molar-refractivity contribution in [2.45, 2.75) is 0 Å². The summed E-state index contributed by atoms with van der Waals surface area (Å²) >= 11 is 3.40. The fraction of sp³-hybridized carbons (Fsp3) is 0.100. The van der Waals surface area contributed by atoms with Gasteiger partial charge in [0.25, 0.3) is 0 Å². The minimum Gasteiger partial charge on any atom is -0.496 e. The third kappa shape index (κ3) is 1.71. The van der Waals surface area contributed by atoms with Gasteiger partial charge < -0.3 is 16.3 Å². The van der Waals surface area contributed by atoms with Crippen molar-refractivity contribution in [1.29, 1.82) is 0 Å². The van der Waals surface area contributed by atoms with Gasteiger partial charge in [-0.3, -0.25) is 0 Å². The number of benzene rings is 1. The molecule has 0 aliphatic rings. The Bertz CT molecular complexity index is 524. The third-order valence-corrected chi connectivity index (χ3v) is 2.88. The van der Waals surface area contributed by atoms with Crippen LogP contribution in [0.5, 0.6) is 5.75 Å². The molecule has 6 heteroatoms. The van der Waals surface area contributed by atoms with Crippen molar-refractivity contribution < 1.29 is 4.74 Å². The Labute approximate surface area is 101 Å². The molecular formula is C10H11BrN4O. The fourth-order valence-corrected chi connectivity index (χ4v) is 1.95. The largest absolute Gasteiger partial charge is 0.496 e. The topological polar surface area (TPSA) is 79.1 Å². The standard InChI is InChI=1S/C10H11BrN4O/c1-16-8-3-2-6(4-7(8)11)9-10(12)15(13)5-14-9/h2-5H,12-13H2,1H3. The summed E-state index contributed by atoms with van der Waals surface area (Å²) in [6, 6.07) is 5.61. The van der Waals surface area contributed by atoms with E-state index in [1.165, 1.54) is 11.0 Å². The van der Waals surface area contributed by atoms with Gasteiger partial charge in [-0.2, -0.15) is 0 Å². The molecule has 0 fully saturated rings. The molecule has 0 radical (unpaired) electrons. The van der Waals surface area contributed by atoms with Crippen LogP contribution in [-0.2, 0) is 0 Å². The van der Waals surface area contributed by atoms with Gasteiger partial charge in [-0.25, -0.2) is 9.66 Å². The first kappa shape index (κ1) is 10.8. The van der Waals surface area contributed by atoms with Gasteiger partial charge >= 0.3 is 0 Å². The Morgan fingerprint density at radius 3 is 2.69 bits per heavy atom. The molecule has 5 nitrogen and oxygen atoms in total. The van der Waals surface area contributed by atoms with Gasteiger partial charge in [0.15, 0.2) is 0 Å². The van der Waals surface area contributed by atoms with E-state index < -0.39 is 0 Å². The van der Waals surface area contributed by atoms with Crippen LogP contribution in [-0.4, -0.2) is 16.8 Å². The number of nitrogens with zero attached hydrogens (tertiary/aromatic N) is 2. The summed E-state index contributed by atoms with van der Waals surface area (Å²) < 4.78 is 7.27. The summed E-state index contributed by atoms with van der Waals surface area (Å²) in [4.78, 5) is 4.13. The van der Waals surface area contributed by atoms with Gasteiger partial charge in [-0.1, -0.05) is 0 Å². The summed E-state index contributed by atoms with van der Waals surface area (Å²) in [6.07, 6.45) is 1.48. The molecule has 0 spiro atoms. The van der Waals surface area contributed by atoms with Gasteiger partial charge in [0, 0.05) is 5.56 Å². The number of ether oxygens (including phenoxy) is 1. The van der Waals surface area contributed by atoms with Crippen LogP contribution >= 0.6 is 15.9 Å². The smallest absolute Gasteiger partial charge is 0.150 e. The minimum absolute atomic E-state index is 0.428. The molecule has 1 heterocycles. The second-order valence-corrected chi connectivity index (χ2v) is 4.09. The maximum Gasteiger partial charge on any atom is 0.150 e. The van der Waals surface area contributed by atoms with E-state index in [-0.39, 0.29) is 0 Å². The van der Waals surface area contributed by atoms with Gasteiger partial charge in [0.2, 0.25) is 0 Å². The molecule has 0 saturated carbocycles. The van der Waals surface area contributed by atoms with Crippen LogP contribution < -0.4 is 16.3 Å². The Morgan fingerprint density at radius 1 is 1.44 bits per heavy atom. The number of hydrogen-bond donors (Lipinski definition) is 2. The maximum absolute atomic E-state index is 5.78. The summed E-state index contributed by atoms with van der Waals surface area (Å²) in [5.41, 5.74) is 7.33. The van der Waals surface area contributed by atoms with Crippen molar-refractivity contribution >= 4 is 21.7 Å². The number of hydrogen-bond acceptors (Lipinski definition) is 4. The number of anilines is 1. The highest BCUT2D eigenvalue weighted by atomic mass is 79.9. The Kier molecular flexibility index (Phi) is 2.74. The molecular weight excluding hydrogens is 272 g/mol. The average Bonchev–Trinajstić information content (AvgIpc) is 2.60. The summed E-state index contributed by atoms with van der Waals surface area (Å²) in [6.45, 7) is 0. The molecule has 0 bridgehead atoms. The van der Waals surface area contributed by atoms with E-state index in [0.717, 1.165) is 15.8 Å². The van der Waals surface area contributed by atoms with E-state index >= 15 is 0 Å². The predicted molar refractivity (Wildman–Crippen MR) is 66.5 cm³/mol. The van der Waals surface area contributed by atoms with Crippen molar-refractivity contribution in [2.24, 2.45) is 0 Å². The molecule has 2 rings (SSSR count). The number of aromatic nitrogens is 2. The highest BCUT2D eigenvalue weighted by molar-refractivity contribution is 9.10. The van der Waals surface area contributed by atoms with E-state index in [1.807, 2.05) is 18.2 Å². The van der Waals surface area contributed by atoms with E-state index in [2.05, 4.69) is 20.9 Å². The molecule has 0 aliphatic carbocycles. The van der Waals surface area contributed by atoms with Crippen molar-refractivity contribution in [3.05, 3.63) is 29.0 Å². The number of imidazole rings is 1. The molecule has 0 atom stereocenters. The van der Waals surface area contributed by atoms with E-state index in [0.29, 0.717) is 11.5 Å². The first-order valence-electron chi connectivity index (χ1n) is 4.55. The van der Waals surface area contributed by atoms with Crippen molar-refractivity contribution in [3.63, 3.8) is 0 Å². The van der Waals surface area contributed by atoms with E-state index in [1.54, 1.807) is 7.11 Å². The van der Waals surface area contributed by atoms with Gasteiger partial charge in [0.1, 0.15) is 23.6 Å². The quantitative estimate of drug-likeness (QED) is 0.821. The second-order valence-electron chi connectivity index (χ2n) is 3.24. The first-order chi connectivity index (χ1) is 7.63. The molecule has 16 heavy (non-hydrogen) atoms. The molecule has 2 aromatic rings. The lowest BCUT2D eigenvalue weighted by Gasteiger charge is -2.05. The summed E-state index contributed by atoms with van der Waals surface area (Å²) in [5.74, 6) is 6.75. The lowest BCUT2D eigenvalue weighted by Crippen LogP contribution is -2.09. The molecule has 0 aliphatic heterocycles. The fourth-order valence-electron chi connectivity index (χ4n) is 1.41. The van der Waals surface area contributed by atoms with Crippen LogP contribution in [0.1, 0.15) is 0 Å². The SMILES string of the molecule is COc1ccc(-c2ncn(N)c2N)cc1Br.